The van der Waals surface area contributed by atoms with Crippen LogP contribution in [0.5, 0.6) is 0 Å². The molecule has 1 amide bonds. The van der Waals surface area contributed by atoms with E-state index >= 15 is 0 Å². The number of nitrogens with two attached hydrogens (primary N) is 2. The van der Waals surface area contributed by atoms with Gasteiger partial charge >= 0.3 is 0 Å². The Bertz CT molecular complexity index is 419. The maximum atomic E-state index is 11.0. The SMILES string of the molecule is CC(C)CCOCCNc1ccc(C(N)=O)cc1N. The highest BCUT2D eigenvalue weighted by Gasteiger charge is 2.04. The van der Waals surface area contributed by atoms with E-state index in [0.717, 1.165) is 18.7 Å². The normalized spacial score (nSPS) is 10.7. The van der Waals surface area contributed by atoms with Crippen LogP contribution < -0.4 is 16.8 Å². The molecule has 5 heteroatoms. The number of nitrogen functional groups attached to an aromatic ring is 1. The van der Waals surface area contributed by atoms with E-state index in [1.54, 1.807) is 18.2 Å². The van der Waals surface area contributed by atoms with Crippen molar-refractivity contribution in [1.29, 1.82) is 0 Å². The molecule has 0 bridgehead atoms. The average molecular weight is 265 g/mol. The minimum Gasteiger partial charge on any atom is -0.397 e. The third-order valence-corrected chi connectivity index (χ3v) is 2.74. The van der Waals surface area contributed by atoms with E-state index in [1.807, 2.05) is 0 Å². The summed E-state index contributed by atoms with van der Waals surface area (Å²) in [7, 11) is 0. The van der Waals surface area contributed by atoms with Crippen LogP contribution in [-0.4, -0.2) is 25.7 Å². The Morgan fingerprint density at radius 1 is 1.37 bits per heavy atom. The lowest BCUT2D eigenvalue weighted by Gasteiger charge is -2.11. The van der Waals surface area contributed by atoms with Gasteiger partial charge < -0.3 is 21.5 Å². The minimum atomic E-state index is -0.477. The quantitative estimate of drug-likeness (QED) is 0.494. The van der Waals surface area contributed by atoms with Crippen molar-refractivity contribution >= 4 is 17.3 Å². The Morgan fingerprint density at radius 3 is 2.68 bits per heavy atom. The van der Waals surface area contributed by atoms with Crippen molar-refractivity contribution in [1.82, 2.24) is 0 Å². The van der Waals surface area contributed by atoms with Gasteiger partial charge in [0.15, 0.2) is 0 Å². The second-order valence-electron chi connectivity index (χ2n) is 4.89. The van der Waals surface area contributed by atoms with Crippen molar-refractivity contribution in [3.05, 3.63) is 23.8 Å². The summed E-state index contributed by atoms with van der Waals surface area (Å²) in [5, 5.41) is 3.17. The molecule has 0 heterocycles. The number of hydrogen-bond acceptors (Lipinski definition) is 4. The molecular weight excluding hydrogens is 242 g/mol. The maximum Gasteiger partial charge on any atom is 0.248 e. The lowest BCUT2D eigenvalue weighted by molar-refractivity contribution is 0.100. The van der Waals surface area contributed by atoms with Gasteiger partial charge in [-0.25, -0.2) is 0 Å². The van der Waals surface area contributed by atoms with Crippen molar-refractivity contribution < 1.29 is 9.53 Å². The summed E-state index contributed by atoms with van der Waals surface area (Å²) in [6, 6.07) is 4.98. The molecule has 0 radical (unpaired) electrons. The molecule has 106 valence electrons. The predicted octanol–water partition coefficient (Wildman–Crippen LogP) is 1.84. The molecule has 1 rings (SSSR count). The molecule has 0 aliphatic heterocycles. The van der Waals surface area contributed by atoms with Gasteiger partial charge in [-0.15, -0.1) is 0 Å². The van der Waals surface area contributed by atoms with Crippen molar-refractivity contribution in [3.63, 3.8) is 0 Å². The molecular formula is C14H23N3O2. The molecule has 0 atom stereocenters. The number of ether oxygens (including phenoxy) is 1. The van der Waals surface area contributed by atoms with Gasteiger partial charge in [-0.05, 0) is 30.5 Å². The Kier molecular flexibility index (Phi) is 6.15. The zero-order valence-corrected chi connectivity index (χ0v) is 11.6. The topological polar surface area (TPSA) is 90.4 Å². The molecule has 5 nitrogen and oxygen atoms in total. The van der Waals surface area contributed by atoms with Gasteiger partial charge in [-0.1, -0.05) is 13.8 Å². The van der Waals surface area contributed by atoms with Gasteiger partial charge in [0, 0.05) is 18.7 Å². The summed E-state index contributed by atoms with van der Waals surface area (Å²) in [6.07, 6.45) is 1.06. The summed E-state index contributed by atoms with van der Waals surface area (Å²) >= 11 is 0. The molecule has 0 unspecified atom stereocenters. The number of amides is 1. The summed E-state index contributed by atoms with van der Waals surface area (Å²) in [6.45, 7) is 6.42. The lowest BCUT2D eigenvalue weighted by Crippen LogP contribution is -2.14. The van der Waals surface area contributed by atoms with Crippen LogP contribution in [0.15, 0.2) is 18.2 Å². The van der Waals surface area contributed by atoms with Gasteiger partial charge in [0.25, 0.3) is 0 Å². The third-order valence-electron chi connectivity index (χ3n) is 2.74. The fraction of sp³-hybridized carbons (Fsp3) is 0.500. The molecule has 0 saturated carbocycles. The molecule has 1 aromatic carbocycles. The molecule has 0 saturated heterocycles. The molecule has 0 aliphatic rings. The van der Waals surface area contributed by atoms with Crippen LogP contribution >= 0.6 is 0 Å². The van der Waals surface area contributed by atoms with E-state index < -0.39 is 5.91 Å². The van der Waals surface area contributed by atoms with Crippen molar-refractivity contribution in [2.75, 3.05) is 30.8 Å². The van der Waals surface area contributed by atoms with E-state index in [-0.39, 0.29) is 0 Å². The Balaban J connectivity index is 2.32. The largest absolute Gasteiger partial charge is 0.397 e. The first-order chi connectivity index (χ1) is 9.00. The van der Waals surface area contributed by atoms with Gasteiger partial charge in [-0.2, -0.15) is 0 Å². The van der Waals surface area contributed by atoms with Gasteiger partial charge in [0.1, 0.15) is 0 Å². The number of benzene rings is 1. The number of hydrogen-bond donors (Lipinski definition) is 3. The molecule has 5 N–H and O–H groups in total. The molecule has 0 fully saturated rings. The number of carbonyl (C=O) groups excluding carboxylic acids is 1. The molecule has 1 aromatic rings. The zero-order chi connectivity index (χ0) is 14.3. The minimum absolute atomic E-state index is 0.413. The van der Waals surface area contributed by atoms with Crippen LogP contribution in [0.4, 0.5) is 11.4 Å². The summed E-state index contributed by atoms with van der Waals surface area (Å²) in [4.78, 5) is 11.0. The fourth-order valence-electron chi connectivity index (χ4n) is 1.56. The summed E-state index contributed by atoms with van der Waals surface area (Å²) < 4.78 is 5.49. The summed E-state index contributed by atoms with van der Waals surface area (Å²) in [5.41, 5.74) is 12.7. The smallest absolute Gasteiger partial charge is 0.248 e. The highest BCUT2D eigenvalue weighted by Crippen LogP contribution is 2.19. The van der Waals surface area contributed by atoms with E-state index in [9.17, 15) is 4.79 Å². The van der Waals surface area contributed by atoms with Gasteiger partial charge in [0.2, 0.25) is 5.91 Å². The van der Waals surface area contributed by atoms with Crippen molar-refractivity contribution in [2.45, 2.75) is 20.3 Å². The van der Waals surface area contributed by atoms with E-state index in [1.165, 1.54) is 0 Å². The number of nitrogens with one attached hydrogen (secondary N) is 1. The molecule has 0 aromatic heterocycles. The van der Waals surface area contributed by atoms with Crippen LogP contribution in [0, 0.1) is 5.92 Å². The Labute approximate surface area is 114 Å². The van der Waals surface area contributed by atoms with Gasteiger partial charge in [0.05, 0.1) is 18.0 Å². The number of anilines is 2. The first kappa shape index (κ1) is 15.3. The van der Waals surface area contributed by atoms with Crippen molar-refractivity contribution in [2.24, 2.45) is 11.7 Å². The molecule has 19 heavy (non-hydrogen) atoms. The zero-order valence-electron chi connectivity index (χ0n) is 11.6. The van der Waals surface area contributed by atoms with Crippen LogP contribution in [0.25, 0.3) is 0 Å². The number of primary amides is 1. The van der Waals surface area contributed by atoms with Crippen LogP contribution in [0.2, 0.25) is 0 Å². The monoisotopic (exact) mass is 265 g/mol. The standard InChI is InChI=1S/C14H23N3O2/c1-10(2)5-7-19-8-6-17-13-4-3-11(14(16)18)9-12(13)15/h3-4,9-10,17H,5-8,15H2,1-2H3,(H2,16,18). The highest BCUT2D eigenvalue weighted by molar-refractivity contribution is 5.94. The highest BCUT2D eigenvalue weighted by atomic mass is 16.5. The Hall–Kier alpha value is -1.75. The second-order valence-corrected chi connectivity index (χ2v) is 4.89. The van der Waals surface area contributed by atoms with Crippen molar-refractivity contribution in [3.8, 4) is 0 Å². The third kappa shape index (κ3) is 5.61. The van der Waals surface area contributed by atoms with Crippen LogP contribution in [-0.2, 0) is 4.74 Å². The fourth-order valence-corrected chi connectivity index (χ4v) is 1.56. The van der Waals surface area contributed by atoms with Gasteiger partial charge in [-0.3, -0.25) is 4.79 Å². The number of carbonyl (C=O) groups is 1. The predicted molar refractivity (Wildman–Crippen MR) is 78.1 cm³/mol. The van der Waals surface area contributed by atoms with E-state index in [0.29, 0.717) is 30.3 Å². The average Bonchev–Trinajstić information content (AvgIpc) is 2.34. The maximum absolute atomic E-state index is 11.0. The summed E-state index contributed by atoms with van der Waals surface area (Å²) in [5.74, 6) is 0.181. The van der Waals surface area contributed by atoms with E-state index in [4.69, 9.17) is 16.2 Å². The first-order valence-corrected chi connectivity index (χ1v) is 6.51. The lowest BCUT2D eigenvalue weighted by atomic mass is 10.1. The molecule has 0 aliphatic carbocycles. The van der Waals surface area contributed by atoms with Crippen LogP contribution in [0.1, 0.15) is 30.6 Å². The first-order valence-electron chi connectivity index (χ1n) is 6.51. The Morgan fingerprint density at radius 2 is 2.11 bits per heavy atom. The van der Waals surface area contributed by atoms with Crippen LogP contribution in [0.3, 0.4) is 0 Å². The van der Waals surface area contributed by atoms with E-state index in [2.05, 4.69) is 19.2 Å². The molecule has 0 spiro atoms. The second kappa shape index (κ2) is 7.63. The number of rotatable bonds is 8.